The lowest BCUT2D eigenvalue weighted by Gasteiger charge is -2.11. The second-order valence-electron chi connectivity index (χ2n) is 3.33. The van der Waals surface area contributed by atoms with Crippen LogP contribution in [0.1, 0.15) is 0 Å². The molecule has 0 aromatic carbocycles. The summed E-state index contributed by atoms with van der Waals surface area (Å²) in [4.78, 5) is 3.84. The summed E-state index contributed by atoms with van der Waals surface area (Å²) < 4.78 is 39.6. The van der Waals surface area contributed by atoms with Gasteiger partial charge in [-0.1, -0.05) is 11.6 Å². The Morgan fingerprint density at radius 1 is 1.47 bits per heavy atom. The van der Waals surface area contributed by atoms with Crippen LogP contribution in [0.3, 0.4) is 0 Å². The molecule has 0 saturated carbocycles. The Balaban J connectivity index is 2.71. The molecule has 0 atom stereocenters. The number of alkyl halides is 3. The van der Waals surface area contributed by atoms with Crippen LogP contribution in [-0.2, 0) is 6.54 Å². The van der Waals surface area contributed by atoms with Gasteiger partial charge in [-0.15, -0.1) is 0 Å². The van der Waals surface area contributed by atoms with Crippen molar-refractivity contribution in [3.8, 4) is 0 Å². The van der Waals surface area contributed by atoms with Crippen molar-refractivity contribution < 1.29 is 13.2 Å². The summed E-state index contributed by atoms with van der Waals surface area (Å²) in [7, 11) is 0. The lowest BCUT2D eigenvalue weighted by Crippen LogP contribution is -2.18. The zero-order valence-corrected chi connectivity index (χ0v) is 12.5. The molecule has 0 spiro atoms. The average Bonchev–Trinajstić information content (AvgIpc) is 2.49. The van der Waals surface area contributed by atoms with E-state index in [0.717, 1.165) is 4.57 Å². The highest BCUT2D eigenvalue weighted by molar-refractivity contribution is 14.1. The van der Waals surface area contributed by atoms with Crippen molar-refractivity contribution in [3.63, 3.8) is 0 Å². The standard InChI is InChI=1S/C9H4BrClF3IN2/c10-5-2-16-8(11)7-4(5)1-6(15)17(7)3-9(12,13)14/h1-2H,3H2. The van der Waals surface area contributed by atoms with E-state index in [4.69, 9.17) is 11.6 Å². The van der Waals surface area contributed by atoms with Crippen molar-refractivity contribution in [1.82, 2.24) is 9.55 Å². The smallest absolute Gasteiger partial charge is 0.324 e. The zero-order valence-electron chi connectivity index (χ0n) is 8.02. The fourth-order valence-electron chi connectivity index (χ4n) is 1.50. The van der Waals surface area contributed by atoms with Crippen LogP contribution in [0.4, 0.5) is 13.2 Å². The number of pyridine rings is 1. The Morgan fingerprint density at radius 3 is 2.71 bits per heavy atom. The number of fused-ring (bicyclic) bond motifs is 1. The number of halogens is 6. The molecule has 2 aromatic rings. The molecule has 0 amide bonds. The SMILES string of the molecule is FC(F)(F)Cn1c(I)cc2c(Br)cnc(Cl)c21. The van der Waals surface area contributed by atoms with E-state index in [1.54, 1.807) is 6.07 Å². The van der Waals surface area contributed by atoms with E-state index in [2.05, 4.69) is 20.9 Å². The first-order chi connectivity index (χ1) is 7.79. The molecule has 0 saturated heterocycles. The molecule has 0 radical (unpaired) electrons. The van der Waals surface area contributed by atoms with Crippen LogP contribution in [0.25, 0.3) is 10.9 Å². The molecule has 8 heteroatoms. The third-order valence-corrected chi connectivity index (χ3v) is 3.93. The molecule has 2 rings (SSSR count). The molecule has 2 aromatic heterocycles. The molecule has 2 nitrogen and oxygen atoms in total. The maximum Gasteiger partial charge on any atom is 0.406 e. The molecule has 92 valence electrons. The second kappa shape index (κ2) is 4.58. The molecule has 0 N–H and O–H groups in total. The van der Waals surface area contributed by atoms with Gasteiger partial charge in [-0.25, -0.2) is 4.98 Å². The third kappa shape index (κ3) is 2.70. The summed E-state index contributed by atoms with van der Waals surface area (Å²) in [5.74, 6) is 0. The molecule has 0 bridgehead atoms. The maximum absolute atomic E-state index is 12.5. The van der Waals surface area contributed by atoms with Crippen LogP contribution in [0.15, 0.2) is 16.7 Å². The van der Waals surface area contributed by atoms with Gasteiger partial charge in [-0.05, 0) is 44.6 Å². The molecule has 2 heterocycles. The fraction of sp³-hybridized carbons (Fsp3) is 0.222. The minimum absolute atomic E-state index is 0.0652. The Kier molecular flexibility index (Phi) is 3.61. The number of nitrogens with zero attached hydrogens (tertiary/aromatic N) is 2. The van der Waals surface area contributed by atoms with E-state index >= 15 is 0 Å². The maximum atomic E-state index is 12.5. The summed E-state index contributed by atoms with van der Waals surface area (Å²) in [5.41, 5.74) is 0.294. The van der Waals surface area contributed by atoms with Crippen LogP contribution in [0.5, 0.6) is 0 Å². The van der Waals surface area contributed by atoms with Crippen LogP contribution < -0.4 is 0 Å². The van der Waals surface area contributed by atoms with Gasteiger partial charge in [0.05, 0.1) is 9.22 Å². The normalized spacial score (nSPS) is 12.4. The summed E-state index contributed by atoms with van der Waals surface area (Å²) in [6, 6.07) is 1.64. The minimum Gasteiger partial charge on any atom is -0.324 e. The quantitative estimate of drug-likeness (QED) is 0.469. The van der Waals surface area contributed by atoms with Crippen molar-refractivity contribution >= 4 is 61.0 Å². The molecule has 0 aliphatic carbocycles. The molecule has 0 aliphatic rings. The number of rotatable bonds is 1. The van der Waals surface area contributed by atoms with E-state index in [1.807, 2.05) is 22.6 Å². The predicted octanol–water partition coefficient (Wildman–Crippen LogP) is 4.62. The first-order valence-electron chi connectivity index (χ1n) is 4.35. The molecule has 0 aliphatic heterocycles. The molecule has 0 fully saturated rings. The zero-order chi connectivity index (χ0) is 12.8. The van der Waals surface area contributed by atoms with Crippen LogP contribution in [0, 0.1) is 3.70 Å². The first kappa shape index (κ1) is 13.4. The second-order valence-corrected chi connectivity index (χ2v) is 5.65. The van der Waals surface area contributed by atoms with Crippen molar-refractivity contribution in [1.29, 1.82) is 0 Å². The van der Waals surface area contributed by atoms with Crippen LogP contribution >= 0.6 is 50.1 Å². The summed E-state index contributed by atoms with van der Waals surface area (Å²) in [5, 5.41) is 0.689. The fourth-order valence-corrected chi connectivity index (χ4v) is 2.88. The van der Waals surface area contributed by atoms with Gasteiger partial charge < -0.3 is 4.57 Å². The predicted molar refractivity (Wildman–Crippen MR) is 71.2 cm³/mol. The van der Waals surface area contributed by atoms with Crippen molar-refractivity contribution in [2.45, 2.75) is 12.7 Å². The van der Waals surface area contributed by atoms with Crippen molar-refractivity contribution in [3.05, 3.63) is 25.6 Å². The minimum atomic E-state index is -4.29. The third-order valence-electron chi connectivity index (χ3n) is 2.13. The highest BCUT2D eigenvalue weighted by Crippen LogP contribution is 2.33. The number of hydrogen-bond acceptors (Lipinski definition) is 1. The lowest BCUT2D eigenvalue weighted by atomic mass is 10.3. The van der Waals surface area contributed by atoms with Gasteiger partial charge in [-0.2, -0.15) is 13.2 Å². The highest BCUT2D eigenvalue weighted by atomic mass is 127. The number of hydrogen-bond donors (Lipinski definition) is 0. The summed E-state index contributed by atoms with van der Waals surface area (Å²) in [6.07, 6.45) is -2.82. The van der Waals surface area contributed by atoms with Gasteiger partial charge >= 0.3 is 6.18 Å². The van der Waals surface area contributed by atoms with Gasteiger partial charge in [-0.3, -0.25) is 0 Å². The Hall–Kier alpha value is -0.0200. The van der Waals surface area contributed by atoms with E-state index in [-0.39, 0.29) is 5.15 Å². The monoisotopic (exact) mass is 438 g/mol. The largest absolute Gasteiger partial charge is 0.406 e. The van der Waals surface area contributed by atoms with Gasteiger partial charge in [0.15, 0.2) is 5.15 Å². The van der Waals surface area contributed by atoms with E-state index in [9.17, 15) is 13.2 Å². The average molecular weight is 439 g/mol. The van der Waals surface area contributed by atoms with Gasteiger partial charge in [0, 0.05) is 16.1 Å². The van der Waals surface area contributed by atoms with E-state index in [1.165, 1.54) is 6.20 Å². The topological polar surface area (TPSA) is 17.8 Å². The Labute approximate surface area is 121 Å². The van der Waals surface area contributed by atoms with Crippen molar-refractivity contribution in [2.24, 2.45) is 0 Å². The lowest BCUT2D eigenvalue weighted by molar-refractivity contribution is -0.140. The highest BCUT2D eigenvalue weighted by Gasteiger charge is 2.30. The summed E-state index contributed by atoms with van der Waals surface area (Å²) in [6.45, 7) is -1.08. The van der Waals surface area contributed by atoms with Gasteiger partial charge in [0.25, 0.3) is 0 Å². The number of aromatic nitrogens is 2. The molecular formula is C9H4BrClF3IN2. The van der Waals surface area contributed by atoms with Gasteiger partial charge in [0.1, 0.15) is 6.54 Å². The molecule has 17 heavy (non-hydrogen) atoms. The molecular weight excluding hydrogens is 435 g/mol. The summed E-state index contributed by atoms with van der Waals surface area (Å²) >= 11 is 10.9. The Morgan fingerprint density at radius 2 is 2.12 bits per heavy atom. The molecule has 0 unspecified atom stereocenters. The van der Waals surface area contributed by atoms with Crippen LogP contribution in [0.2, 0.25) is 5.15 Å². The van der Waals surface area contributed by atoms with Crippen LogP contribution in [-0.4, -0.2) is 15.7 Å². The van der Waals surface area contributed by atoms with E-state index in [0.29, 0.717) is 19.1 Å². The first-order valence-corrected chi connectivity index (χ1v) is 6.60. The Bertz CT molecular complexity index is 582. The van der Waals surface area contributed by atoms with E-state index < -0.39 is 12.7 Å². The van der Waals surface area contributed by atoms with Gasteiger partial charge in [0.2, 0.25) is 0 Å². The van der Waals surface area contributed by atoms with Crippen molar-refractivity contribution in [2.75, 3.05) is 0 Å².